The molecule has 2 heterocycles. The fourth-order valence-electron chi connectivity index (χ4n) is 1.96. The summed E-state index contributed by atoms with van der Waals surface area (Å²) in [5.74, 6) is -0.246. The third-order valence-electron chi connectivity index (χ3n) is 3.09. The van der Waals surface area contributed by atoms with Crippen LogP contribution in [0.5, 0.6) is 0 Å². The third-order valence-corrected chi connectivity index (χ3v) is 3.96. The summed E-state index contributed by atoms with van der Waals surface area (Å²) < 4.78 is 26.7. The second-order valence-corrected chi connectivity index (χ2v) is 5.42. The Labute approximate surface area is 108 Å². The normalized spacial score (nSPS) is 15.7. The van der Waals surface area contributed by atoms with Gasteiger partial charge in [-0.1, -0.05) is 0 Å². The van der Waals surface area contributed by atoms with Crippen molar-refractivity contribution < 1.29 is 8.78 Å². The first-order valence-electron chi connectivity index (χ1n) is 5.83. The number of hydrogen-bond donors (Lipinski definition) is 1. The first-order chi connectivity index (χ1) is 8.72. The second kappa shape index (κ2) is 4.74. The molecule has 2 nitrogen and oxygen atoms in total. The lowest BCUT2D eigenvalue weighted by atomic mass is 10.0. The average molecular weight is 266 g/mol. The van der Waals surface area contributed by atoms with Gasteiger partial charge in [0, 0.05) is 17.4 Å². The van der Waals surface area contributed by atoms with E-state index in [1.807, 2.05) is 0 Å². The maximum Gasteiger partial charge on any atom is 0.132 e. The van der Waals surface area contributed by atoms with E-state index in [2.05, 4.69) is 10.3 Å². The van der Waals surface area contributed by atoms with Crippen LogP contribution in [-0.2, 0) is 6.42 Å². The number of hydrogen-bond acceptors (Lipinski definition) is 3. The summed E-state index contributed by atoms with van der Waals surface area (Å²) in [7, 11) is 0. The molecule has 0 saturated carbocycles. The minimum Gasteiger partial charge on any atom is -0.316 e. The van der Waals surface area contributed by atoms with Gasteiger partial charge in [0.05, 0.1) is 10.7 Å². The van der Waals surface area contributed by atoms with Crippen LogP contribution in [0.4, 0.5) is 8.78 Å². The lowest BCUT2D eigenvalue weighted by Crippen LogP contribution is -2.43. The van der Waals surface area contributed by atoms with E-state index in [0.29, 0.717) is 11.6 Å². The monoisotopic (exact) mass is 266 g/mol. The van der Waals surface area contributed by atoms with Crippen LogP contribution in [0.3, 0.4) is 0 Å². The first kappa shape index (κ1) is 11.7. The molecule has 18 heavy (non-hydrogen) atoms. The predicted molar refractivity (Wildman–Crippen MR) is 67.5 cm³/mol. The van der Waals surface area contributed by atoms with Crippen molar-refractivity contribution in [2.24, 2.45) is 5.92 Å². The van der Waals surface area contributed by atoms with Crippen LogP contribution in [0.1, 0.15) is 5.01 Å². The van der Waals surface area contributed by atoms with Crippen molar-refractivity contribution in [1.82, 2.24) is 10.3 Å². The summed E-state index contributed by atoms with van der Waals surface area (Å²) in [5.41, 5.74) is 0.767. The Bertz CT molecular complexity index is 564. The Morgan fingerprint density at radius 3 is 2.89 bits per heavy atom. The smallest absolute Gasteiger partial charge is 0.132 e. The molecule has 5 heteroatoms. The largest absolute Gasteiger partial charge is 0.316 e. The van der Waals surface area contributed by atoms with E-state index in [0.717, 1.165) is 36.7 Å². The van der Waals surface area contributed by atoms with Gasteiger partial charge in [-0.15, -0.1) is 11.3 Å². The summed E-state index contributed by atoms with van der Waals surface area (Å²) in [6.07, 6.45) is 0.911. The van der Waals surface area contributed by atoms with E-state index in [1.54, 1.807) is 5.38 Å². The van der Waals surface area contributed by atoms with Gasteiger partial charge in [-0.2, -0.15) is 0 Å². The van der Waals surface area contributed by atoms with Gasteiger partial charge in [-0.3, -0.25) is 0 Å². The number of nitrogens with one attached hydrogen (secondary N) is 1. The lowest BCUT2D eigenvalue weighted by molar-refractivity contribution is 0.346. The average Bonchev–Trinajstić information content (AvgIpc) is 2.75. The number of halogens is 2. The number of nitrogens with zero attached hydrogens (tertiary/aromatic N) is 1. The quantitative estimate of drug-likeness (QED) is 0.924. The zero-order valence-electron chi connectivity index (χ0n) is 9.62. The van der Waals surface area contributed by atoms with Crippen molar-refractivity contribution in [2.45, 2.75) is 6.42 Å². The van der Waals surface area contributed by atoms with E-state index in [-0.39, 0.29) is 5.56 Å². The van der Waals surface area contributed by atoms with Crippen LogP contribution in [0.25, 0.3) is 11.3 Å². The van der Waals surface area contributed by atoms with Gasteiger partial charge in [0.2, 0.25) is 0 Å². The van der Waals surface area contributed by atoms with Crippen molar-refractivity contribution in [3.05, 3.63) is 40.2 Å². The van der Waals surface area contributed by atoms with E-state index in [4.69, 9.17) is 0 Å². The van der Waals surface area contributed by atoms with Crippen molar-refractivity contribution >= 4 is 11.3 Å². The molecule has 0 aliphatic carbocycles. The molecule has 1 aliphatic rings. The molecule has 1 N–H and O–H groups in total. The predicted octanol–water partition coefficient (Wildman–Crippen LogP) is 2.85. The molecule has 0 bridgehead atoms. The molecule has 1 saturated heterocycles. The zero-order valence-corrected chi connectivity index (χ0v) is 10.4. The molecule has 0 atom stereocenters. The molecule has 1 aromatic carbocycles. The van der Waals surface area contributed by atoms with E-state index >= 15 is 0 Å². The number of rotatable bonds is 3. The van der Waals surface area contributed by atoms with Gasteiger partial charge in [0.1, 0.15) is 11.6 Å². The van der Waals surface area contributed by atoms with Crippen LogP contribution in [0.2, 0.25) is 0 Å². The highest BCUT2D eigenvalue weighted by atomic mass is 32.1. The van der Waals surface area contributed by atoms with Crippen LogP contribution in [0, 0.1) is 17.6 Å². The Morgan fingerprint density at radius 1 is 1.33 bits per heavy atom. The first-order valence-corrected chi connectivity index (χ1v) is 6.71. The summed E-state index contributed by atoms with van der Waals surface area (Å²) in [5, 5.41) is 5.98. The molecular weight excluding hydrogens is 254 g/mol. The molecule has 0 spiro atoms. The summed E-state index contributed by atoms with van der Waals surface area (Å²) >= 11 is 1.51. The topological polar surface area (TPSA) is 24.9 Å². The Hall–Kier alpha value is -1.33. The van der Waals surface area contributed by atoms with Crippen LogP contribution >= 0.6 is 11.3 Å². The van der Waals surface area contributed by atoms with Crippen molar-refractivity contribution in [3.8, 4) is 11.3 Å². The van der Waals surface area contributed by atoms with Gasteiger partial charge >= 0.3 is 0 Å². The summed E-state index contributed by atoms with van der Waals surface area (Å²) in [4.78, 5) is 4.39. The zero-order chi connectivity index (χ0) is 12.5. The molecule has 2 aromatic rings. The van der Waals surface area contributed by atoms with Gasteiger partial charge in [-0.25, -0.2) is 13.8 Å². The van der Waals surface area contributed by atoms with Crippen LogP contribution in [-0.4, -0.2) is 18.1 Å². The van der Waals surface area contributed by atoms with E-state index in [1.165, 1.54) is 17.4 Å². The van der Waals surface area contributed by atoms with Crippen LogP contribution in [0.15, 0.2) is 23.6 Å². The van der Waals surface area contributed by atoms with Gasteiger partial charge in [0.25, 0.3) is 0 Å². The lowest BCUT2D eigenvalue weighted by Gasteiger charge is -2.25. The SMILES string of the molecule is Fc1ccc(F)c(-c2csc(CC3CNC3)n2)c1. The second-order valence-electron chi connectivity index (χ2n) is 4.48. The molecule has 1 aliphatic heterocycles. The van der Waals surface area contributed by atoms with Crippen molar-refractivity contribution in [2.75, 3.05) is 13.1 Å². The summed E-state index contributed by atoms with van der Waals surface area (Å²) in [6, 6.07) is 3.45. The third kappa shape index (κ3) is 2.28. The standard InChI is InChI=1S/C13H12F2N2S/c14-9-1-2-11(15)10(4-9)12-7-18-13(17-12)3-8-5-16-6-8/h1-2,4,7-8,16H,3,5-6H2. The Kier molecular flexibility index (Phi) is 3.09. The molecule has 0 radical (unpaired) electrons. The molecule has 0 unspecified atom stereocenters. The fourth-order valence-corrected chi connectivity index (χ4v) is 2.87. The number of aromatic nitrogens is 1. The summed E-state index contributed by atoms with van der Waals surface area (Å²) in [6.45, 7) is 2.03. The number of benzene rings is 1. The maximum atomic E-state index is 13.6. The minimum atomic E-state index is -0.441. The molecule has 94 valence electrons. The van der Waals surface area contributed by atoms with E-state index < -0.39 is 11.6 Å². The van der Waals surface area contributed by atoms with Gasteiger partial charge in [0.15, 0.2) is 0 Å². The van der Waals surface area contributed by atoms with Gasteiger partial charge < -0.3 is 5.32 Å². The van der Waals surface area contributed by atoms with E-state index in [9.17, 15) is 8.78 Å². The highest BCUT2D eigenvalue weighted by Gasteiger charge is 2.19. The highest BCUT2D eigenvalue weighted by Crippen LogP contribution is 2.26. The minimum absolute atomic E-state index is 0.240. The molecule has 1 aromatic heterocycles. The maximum absolute atomic E-state index is 13.6. The van der Waals surface area contributed by atoms with Crippen molar-refractivity contribution in [1.29, 1.82) is 0 Å². The van der Waals surface area contributed by atoms with Crippen LogP contribution < -0.4 is 5.32 Å². The van der Waals surface area contributed by atoms with Gasteiger partial charge in [-0.05, 0) is 37.2 Å². The molecule has 1 fully saturated rings. The fraction of sp³-hybridized carbons (Fsp3) is 0.308. The highest BCUT2D eigenvalue weighted by molar-refractivity contribution is 7.09. The Morgan fingerprint density at radius 2 is 2.17 bits per heavy atom. The van der Waals surface area contributed by atoms with Crippen molar-refractivity contribution in [3.63, 3.8) is 0 Å². The number of thiazole rings is 1. The molecular formula is C13H12F2N2S. The molecule has 3 rings (SSSR count). The molecule has 0 amide bonds. The Balaban J connectivity index is 1.85.